The molecule has 0 bridgehead atoms. The molecule has 1 aliphatic carbocycles. The first-order valence-electron chi connectivity index (χ1n) is 9.76. The summed E-state index contributed by atoms with van der Waals surface area (Å²) in [5, 5.41) is 0. The third-order valence-electron chi connectivity index (χ3n) is 5.14. The average molecular weight is 375 g/mol. The van der Waals surface area contributed by atoms with Crippen molar-refractivity contribution in [3.8, 4) is 11.8 Å². The first kappa shape index (κ1) is 21.7. The summed E-state index contributed by atoms with van der Waals surface area (Å²) in [6.45, 7) is 11.5. The molecule has 0 aromatic carbocycles. The van der Waals surface area contributed by atoms with Gasteiger partial charge >= 0.3 is 0 Å². The summed E-state index contributed by atoms with van der Waals surface area (Å²) in [5.74, 6) is 7.11. The zero-order valence-corrected chi connectivity index (χ0v) is 17.5. The van der Waals surface area contributed by atoms with E-state index in [9.17, 15) is 0 Å². The van der Waals surface area contributed by atoms with Crippen LogP contribution in [-0.4, -0.2) is 61.8 Å². The Bertz CT molecular complexity index is 613. The van der Waals surface area contributed by atoms with E-state index < -0.39 is 5.60 Å². The molecule has 150 valence electrons. The van der Waals surface area contributed by atoms with Gasteiger partial charge in [0.1, 0.15) is 11.4 Å². The summed E-state index contributed by atoms with van der Waals surface area (Å²) in [4.78, 5) is 6.99. The number of allylic oxidation sites excluding steroid dienone is 2. The Morgan fingerprint density at radius 3 is 2.37 bits per heavy atom. The van der Waals surface area contributed by atoms with Crippen LogP contribution in [0.15, 0.2) is 29.5 Å². The molecule has 0 aromatic heterocycles. The van der Waals surface area contributed by atoms with E-state index in [0.29, 0.717) is 18.3 Å². The highest BCUT2D eigenvalue weighted by atomic mass is 16.5. The lowest BCUT2D eigenvalue weighted by atomic mass is 9.91. The topological polar surface area (TPSA) is 43.3 Å². The van der Waals surface area contributed by atoms with Crippen LogP contribution in [0.5, 0.6) is 0 Å². The lowest BCUT2D eigenvalue weighted by molar-refractivity contribution is -0.125. The Labute approximate surface area is 164 Å². The maximum absolute atomic E-state index is 6.20. The van der Waals surface area contributed by atoms with Crippen molar-refractivity contribution < 1.29 is 14.2 Å². The van der Waals surface area contributed by atoms with Gasteiger partial charge in [0.25, 0.3) is 0 Å². The van der Waals surface area contributed by atoms with Gasteiger partial charge in [0.05, 0.1) is 24.0 Å². The second-order valence-corrected chi connectivity index (χ2v) is 7.70. The van der Waals surface area contributed by atoms with Gasteiger partial charge in [0.15, 0.2) is 0 Å². The van der Waals surface area contributed by atoms with Gasteiger partial charge in [-0.05, 0) is 58.5 Å². The van der Waals surface area contributed by atoms with Crippen molar-refractivity contribution in [3.05, 3.63) is 24.6 Å². The summed E-state index contributed by atoms with van der Waals surface area (Å²) in [6.07, 6.45) is 8.90. The van der Waals surface area contributed by atoms with Crippen LogP contribution in [0.4, 0.5) is 0 Å². The van der Waals surface area contributed by atoms with E-state index in [0.717, 1.165) is 50.3 Å². The lowest BCUT2D eigenvalue weighted by Crippen LogP contribution is -2.43. The minimum absolute atomic E-state index is 0.335. The third kappa shape index (κ3) is 6.80. The van der Waals surface area contributed by atoms with Crippen molar-refractivity contribution in [2.75, 3.05) is 27.3 Å². The zero-order chi connectivity index (χ0) is 19.9. The van der Waals surface area contributed by atoms with Gasteiger partial charge in [-0.2, -0.15) is 0 Å². The van der Waals surface area contributed by atoms with E-state index >= 15 is 0 Å². The first-order chi connectivity index (χ1) is 12.9. The lowest BCUT2D eigenvalue weighted by Gasteiger charge is -2.39. The molecule has 0 spiro atoms. The molecule has 1 heterocycles. The maximum atomic E-state index is 6.20. The Balaban J connectivity index is 1.90. The number of hydrogen-bond acceptors (Lipinski definition) is 5. The molecule has 0 aromatic rings. The molecule has 0 radical (unpaired) electrons. The van der Waals surface area contributed by atoms with E-state index in [1.165, 1.54) is 0 Å². The van der Waals surface area contributed by atoms with E-state index in [1.807, 2.05) is 26.8 Å². The molecule has 27 heavy (non-hydrogen) atoms. The molecule has 1 aliphatic heterocycles. The summed E-state index contributed by atoms with van der Waals surface area (Å²) >= 11 is 0. The molecule has 5 nitrogen and oxygen atoms in total. The fourth-order valence-corrected chi connectivity index (χ4v) is 3.12. The van der Waals surface area contributed by atoms with Crippen molar-refractivity contribution in [2.24, 2.45) is 4.99 Å². The highest BCUT2D eigenvalue weighted by Crippen LogP contribution is 2.29. The Morgan fingerprint density at radius 2 is 1.81 bits per heavy atom. The molecule has 0 amide bonds. The predicted molar refractivity (Wildman–Crippen MR) is 110 cm³/mol. The Hall–Kier alpha value is -1.61. The van der Waals surface area contributed by atoms with E-state index in [1.54, 1.807) is 20.3 Å². The van der Waals surface area contributed by atoms with E-state index in [4.69, 9.17) is 19.2 Å². The minimum Gasteiger partial charge on any atom is -0.381 e. The molecule has 0 unspecified atom stereocenters. The number of likely N-dealkylation sites (tertiary alicyclic amines) is 1. The highest BCUT2D eigenvalue weighted by Gasteiger charge is 2.33. The van der Waals surface area contributed by atoms with Gasteiger partial charge in [-0.15, -0.1) is 0 Å². The molecule has 2 rings (SSSR count). The predicted octanol–water partition coefficient (Wildman–Crippen LogP) is 3.56. The number of ether oxygens (including phenoxy) is 3. The van der Waals surface area contributed by atoms with Crippen LogP contribution in [0.2, 0.25) is 0 Å². The number of hydrogen-bond donors (Lipinski definition) is 0. The molecule has 2 aliphatic rings. The molecular weight excluding hydrogens is 340 g/mol. The van der Waals surface area contributed by atoms with Gasteiger partial charge in [-0.25, -0.2) is 4.99 Å². The van der Waals surface area contributed by atoms with Gasteiger partial charge < -0.3 is 19.1 Å². The molecular formula is C22H34N2O3. The molecule has 0 N–H and O–H groups in total. The summed E-state index contributed by atoms with van der Waals surface area (Å²) in [7, 11) is 3.44. The third-order valence-corrected chi connectivity index (χ3v) is 5.14. The zero-order valence-electron chi connectivity index (χ0n) is 17.5. The molecule has 0 atom stereocenters. The van der Waals surface area contributed by atoms with Crippen molar-refractivity contribution in [3.63, 3.8) is 0 Å². The second-order valence-electron chi connectivity index (χ2n) is 7.70. The highest BCUT2D eigenvalue weighted by molar-refractivity contribution is 5.99. The smallest absolute Gasteiger partial charge is 0.129 e. The largest absolute Gasteiger partial charge is 0.381 e. The van der Waals surface area contributed by atoms with Gasteiger partial charge in [-0.1, -0.05) is 18.6 Å². The quantitative estimate of drug-likeness (QED) is 0.388. The van der Waals surface area contributed by atoms with Gasteiger partial charge in [0, 0.05) is 27.3 Å². The van der Waals surface area contributed by atoms with Crippen LogP contribution in [0.25, 0.3) is 0 Å². The number of aliphatic imine (C=N–C) groups is 1. The van der Waals surface area contributed by atoms with Crippen LogP contribution in [-0.2, 0) is 14.2 Å². The SMILES string of the molecule is C=C/C=C(\N=C(/C)C#CC(C)(C)OC)N1CCC(OC2CC(OC)C2)CC1. The normalized spacial score (nSPS) is 24.9. The molecule has 5 heteroatoms. The van der Waals surface area contributed by atoms with E-state index in [-0.39, 0.29) is 0 Å². The fourth-order valence-electron chi connectivity index (χ4n) is 3.12. The van der Waals surface area contributed by atoms with Crippen LogP contribution in [0, 0.1) is 11.8 Å². The molecule has 1 saturated heterocycles. The van der Waals surface area contributed by atoms with Crippen LogP contribution < -0.4 is 0 Å². The summed E-state index contributed by atoms with van der Waals surface area (Å²) in [5.41, 5.74) is 0.296. The first-order valence-corrected chi connectivity index (χ1v) is 9.76. The van der Waals surface area contributed by atoms with Crippen molar-refractivity contribution in [2.45, 2.75) is 70.4 Å². The fraction of sp³-hybridized carbons (Fsp3) is 0.682. The summed E-state index contributed by atoms with van der Waals surface area (Å²) in [6, 6.07) is 0. The number of piperidine rings is 1. The van der Waals surface area contributed by atoms with Gasteiger partial charge in [0.2, 0.25) is 0 Å². The second kappa shape index (κ2) is 10.1. The van der Waals surface area contributed by atoms with Crippen molar-refractivity contribution >= 4 is 5.71 Å². The van der Waals surface area contributed by atoms with Crippen molar-refractivity contribution in [1.82, 2.24) is 4.90 Å². The minimum atomic E-state index is -0.474. The van der Waals surface area contributed by atoms with Crippen LogP contribution in [0.3, 0.4) is 0 Å². The standard InChI is InChI=1S/C22H34N2O3/c1-7-8-21(23-17(2)9-12-22(3,4)26-6)24-13-10-18(11-14-24)27-20-15-19(16-20)25-5/h7-8,18-20H,1,10-11,13-16H2,2-6H3/b21-8+,23-17+. The van der Waals surface area contributed by atoms with Crippen LogP contribution >= 0.6 is 0 Å². The number of nitrogens with zero attached hydrogens (tertiary/aromatic N) is 2. The monoisotopic (exact) mass is 374 g/mol. The van der Waals surface area contributed by atoms with Crippen molar-refractivity contribution in [1.29, 1.82) is 0 Å². The number of rotatable bonds is 7. The average Bonchev–Trinajstić information content (AvgIpc) is 2.63. The molecule has 2 fully saturated rings. The number of methoxy groups -OCH3 is 2. The van der Waals surface area contributed by atoms with E-state index in [2.05, 4.69) is 23.3 Å². The molecule has 1 saturated carbocycles. The van der Waals surface area contributed by atoms with Gasteiger partial charge in [-0.3, -0.25) is 0 Å². The Kier molecular flexibility index (Phi) is 8.09. The summed E-state index contributed by atoms with van der Waals surface area (Å²) < 4.78 is 16.9. The Morgan fingerprint density at radius 1 is 1.15 bits per heavy atom. The van der Waals surface area contributed by atoms with Crippen LogP contribution in [0.1, 0.15) is 46.5 Å². The maximum Gasteiger partial charge on any atom is 0.129 e.